The van der Waals surface area contributed by atoms with Crippen LogP contribution in [0.2, 0.25) is 0 Å². The van der Waals surface area contributed by atoms with E-state index in [1.165, 1.54) is 0 Å². The summed E-state index contributed by atoms with van der Waals surface area (Å²) in [5.74, 6) is 1.23. The molecule has 0 saturated heterocycles. The Kier molecular flexibility index (Phi) is 3.38. The Labute approximate surface area is 92.5 Å². The van der Waals surface area contributed by atoms with Crippen LogP contribution in [0.3, 0.4) is 0 Å². The summed E-state index contributed by atoms with van der Waals surface area (Å²) >= 11 is 3.34. The predicted octanol–water partition coefficient (Wildman–Crippen LogP) is 1.49. The molecule has 1 N–H and O–H groups in total. The molecule has 3 nitrogen and oxygen atoms in total. The zero-order chi connectivity index (χ0) is 9.97. The van der Waals surface area contributed by atoms with Crippen LogP contribution in [0.4, 0.5) is 0 Å². The van der Waals surface area contributed by atoms with Crippen LogP contribution in [0.25, 0.3) is 0 Å². The molecule has 5 heteroatoms. The Hall–Kier alpha value is -0.160. The molecule has 2 rings (SSSR count). The van der Waals surface area contributed by atoms with Gasteiger partial charge in [-0.2, -0.15) is 0 Å². The molecule has 2 aliphatic rings. The SMILES string of the molecule is C[C@@H](SC1=NCCS1)C(=O)NC1CC1. The second kappa shape index (κ2) is 4.57. The number of hydrogen-bond acceptors (Lipinski definition) is 4. The van der Waals surface area contributed by atoms with E-state index in [-0.39, 0.29) is 11.2 Å². The van der Waals surface area contributed by atoms with Gasteiger partial charge in [-0.1, -0.05) is 23.5 Å². The lowest BCUT2D eigenvalue weighted by molar-refractivity contribution is -0.120. The van der Waals surface area contributed by atoms with Crippen LogP contribution in [0.15, 0.2) is 4.99 Å². The first kappa shape index (κ1) is 10.4. The van der Waals surface area contributed by atoms with Gasteiger partial charge in [-0.05, 0) is 19.8 Å². The number of thioether (sulfide) groups is 2. The highest BCUT2D eigenvalue weighted by molar-refractivity contribution is 8.39. The third-order valence-electron chi connectivity index (χ3n) is 2.13. The molecule has 0 spiro atoms. The fourth-order valence-electron chi connectivity index (χ4n) is 1.14. The van der Waals surface area contributed by atoms with Crippen molar-refractivity contribution in [3.63, 3.8) is 0 Å². The van der Waals surface area contributed by atoms with Crippen molar-refractivity contribution >= 4 is 33.8 Å². The first-order valence-electron chi connectivity index (χ1n) is 4.90. The summed E-state index contributed by atoms with van der Waals surface area (Å²) in [7, 11) is 0. The number of amides is 1. The summed E-state index contributed by atoms with van der Waals surface area (Å²) in [6.07, 6.45) is 2.30. The highest BCUT2D eigenvalue weighted by Gasteiger charge is 2.26. The maximum Gasteiger partial charge on any atom is 0.233 e. The summed E-state index contributed by atoms with van der Waals surface area (Å²) in [6.45, 7) is 2.85. The largest absolute Gasteiger partial charge is 0.352 e. The molecular formula is C9H14N2OS2. The molecule has 1 aliphatic heterocycles. The summed E-state index contributed by atoms with van der Waals surface area (Å²) in [5.41, 5.74) is 0. The fourth-order valence-corrected chi connectivity index (χ4v) is 3.28. The minimum atomic E-state index is -0.0000463. The molecule has 0 bridgehead atoms. The van der Waals surface area contributed by atoms with Crippen LogP contribution >= 0.6 is 23.5 Å². The molecule has 1 saturated carbocycles. The lowest BCUT2D eigenvalue weighted by atomic mass is 10.4. The summed E-state index contributed by atoms with van der Waals surface area (Å²) < 4.78 is 1.07. The molecule has 0 aromatic rings. The van der Waals surface area contributed by atoms with E-state index < -0.39 is 0 Å². The van der Waals surface area contributed by atoms with E-state index in [4.69, 9.17) is 0 Å². The number of rotatable bonds is 3. The van der Waals surface area contributed by atoms with Crippen molar-refractivity contribution in [2.24, 2.45) is 4.99 Å². The van der Waals surface area contributed by atoms with Gasteiger partial charge >= 0.3 is 0 Å². The van der Waals surface area contributed by atoms with Gasteiger partial charge in [0.25, 0.3) is 0 Å². The second-order valence-corrected chi connectivity index (χ2v) is 6.21. The Morgan fingerprint density at radius 2 is 2.50 bits per heavy atom. The lowest BCUT2D eigenvalue weighted by Gasteiger charge is -2.10. The number of hydrogen-bond donors (Lipinski definition) is 1. The highest BCUT2D eigenvalue weighted by atomic mass is 32.2. The minimum Gasteiger partial charge on any atom is -0.352 e. The van der Waals surface area contributed by atoms with Crippen LogP contribution in [0, 0.1) is 0 Å². The van der Waals surface area contributed by atoms with Gasteiger partial charge in [0.05, 0.1) is 11.8 Å². The van der Waals surface area contributed by atoms with E-state index in [0.29, 0.717) is 6.04 Å². The average Bonchev–Trinajstić information content (AvgIpc) is 2.81. The Morgan fingerprint density at radius 1 is 1.71 bits per heavy atom. The van der Waals surface area contributed by atoms with E-state index in [1.54, 1.807) is 23.5 Å². The standard InChI is InChI=1S/C9H14N2OS2/c1-6(8(12)11-7-2-3-7)14-9-10-4-5-13-9/h6-7H,2-5H2,1H3,(H,11,12)/t6-/m1/s1. The fraction of sp³-hybridized carbons (Fsp3) is 0.778. The molecule has 0 unspecified atom stereocenters. The van der Waals surface area contributed by atoms with E-state index in [1.807, 2.05) is 6.92 Å². The quantitative estimate of drug-likeness (QED) is 0.798. The number of nitrogens with zero attached hydrogens (tertiary/aromatic N) is 1. The van der Waals surface area contributed by atoms with Crippen LogP contribution in [-0.2, 0) is 4.79 Å². The van der Waals surface area contributed by atoms with Gasteiger partial charge in [-0.3, -0.25) is 9.79 Å². The Balaban J connectivity index is 1.75. The van der Waals surface area contributed by atoms with Crippen molar-refractivity contribution in [3.05, 3.63) is 0 Å². The van der Waals surface area contributed by atoms with Gasteiger partial charge in [-0.25, -0.2) is 0 Å². The van der Waals surface area contributed by atoms with E-state index in [2.05, 4.69) is 10.3 Å². The average molecular weight is 230 g/mol. The number of aliphatic imine (C=N–C) groups is 1. The van der Waals surface area contributed by atoms with E-state index in [9.17, 15) is 4.79 Å². The summed E-state index contributed by atoms with van der Waals surface area (Å²) in [6, 6.07) is 0.462. The van der Waals surface area contributed by atoms with Gasteiger partial charge in [0.1, 0.15) is 4.38 Å². The maximum atomic E-state index is 11.6. The van der Waals surface area contributed by atoms with Gasteiger partial charge in [-0.15, -0.1) is 0 Å². The van der Waals surface area contributed by atoms with Crippen molar-refractivity contribution in [3.8, 4) is 0 Å². The third-order valence-corrected chi connectivity index (χ3v) is 4.43. The molecule has 78 valence electrons. The Morgan fingerprint density at radius 3 is 3.07 bits per heavy atom. The predicted molar refractivity (Wildman–Crippen MR) is 63.0 cm³/mol. The summed E-state index contributed by atoms with van der Waals surface area (Å²) in [5, 5.41) is 3.00. The topological polar surface area (TPSA) is 41.5 Å². The van der Waals surface area contributed by atoms with Crippen molar-refractivity contribution in [1.29, 1.82) is 0 Å². The molecule has 0 aromatic heterocycles. The van der Waals surface area contributed by atoms with Crippen molar-refractivity contribution in [2.75, 3.05) is 12.3 Å². The molecule has 1 atom stereocenters. The number of carbonyl (C=O) groups is 1. The van der Waals surface area contributed by atoms with E-state index in [0.717, 1.165) is 29.5 Å². The minimum absolute atomic E-state index is 0.0000463. The van der Waals surface area contributed by atoms with Crippen molar-refractivity contribution in [2.45, 2.75) is 31.1 Å². The maximum absolute atomic E-state index is 11.6. The van der Waals surface area contributed by atoms with Crippen LogP contribution < -0.4 is 5.32 Å². The molecule has 0 aromatic carbocycles. The van der Waals surface area contributed by atoms with Crippen LogP contribution in [0.5, 0.6) is 0 Å². The number of carbonyl (C=O) groups excluding carboxylic acids is 1. The Bertz CT molecular complexity index is 264. The molecule has 14 heavy (non-hydrogen) atoms. The van der Waals surface area contributed by atoms with Gasteiger partial charge in [0, 0.05) is 11.8 Å². The molecule has 1 amide bonds. The van der Waals surface area contributed by atoms with E-state index >= 15 is 0 Å². The summed E-state index contributed by atoms with van der Waals surface area (Å²) in [4.78, 5) is 15.9. The lowest BCUT2D eigenvalue weighted by Crippen LogP contribution is -2.32. The smallest absolute Gasteiger partial charge is 0.233 e. The second-order valence-electron chi connectivity index (χ2n) is 3.54. The number of nitrogens with one attached hydrogen (secondary N) is 1. The molecular weight excluding hydrogens is 216 g/mol. The molecule has 1 fully saturated rings. The van der Waals surface area contributed by atoms with Gasteiger partial charge in [0.15, 0.2) is 0 Å². The highest BCUT2D eigenvalue weighted by Crippen LogP contribution is 2.26. The zero-order valence-corrected chi connectivity index (χ0v) is 9.79. The first-order chi connectivity index (χ1) is 6.75. The zero-order valence-electron chi connectivity index (χ0n) is 8.16. The molecule has 1 heterocycles. The first-order valence-corrected chi connectivity index (χ1v) is 6.76. The van der Waals surface area contributed by atoms with Crippen LogP contribution in [0.1, 0.15) is 19.8 Å². The molecule has 0 radical (unpaired) electrons. The van der Waals surface area contributed by atoms with Crippen LogP contribution in [-0.4, -0.2) is 33.9 Å². The third kappa shape index (κ3) is 2.92. The monoisotopic (exact) mass is 230 g/mol. The van der Waals surface area contributed by atoms with Gasteiger partial charge < -0.3 is 5.32 Å². The van der Waals surface area contributed by atoms with Crippen molar-refractivity contribution in [1.82, 2.24) is 5.32 Å². The normalized spacial score (nSPS) is 23.1. The van der Waals surface area contributed by atoms with Crippen molar-refractivity contribution < 1.29 is 4.79 Å². The molecule has 1 aliphatic carbocycles. The van der Waals surface area contributed by atoms with Gasteiger partial charge in [0.2, 0.25) is 5.91 Å².